The molecule has 2 aromatic carbocycles. The second-order valence-corrected chi connectivity index (χ2v) is 14.3. The first-order valence-electron chi connectivity index (χ1n) is 13.7. The Morgan fingerprint density at radius 3 is 2.29 bits per heavy atom. The van der Waals surface area contributed by atoms with E-state index in [0.717, 1.165) is 17.7 Å². The van der Waals surface area contributed by atoms with Crippen LogP contribution in [-0.4, -0.2) is 33.7 Å². The van der Waals surface area contributed by atoms with Gasteiger partial charge in [-0.05, 0) is 74.6 Å². The lowest BCUT2D eigenvalue weighted by molar-refractivity contribution is -0.137. The third-order valence-electron chi connectivity index (χ3n) is 7.02. The summed E-state index contributed by atoms with van der Waals surface area (Å²) in [5.41, 5.74) is 0.917. The Bertz CT molecular complexity index is 1250. The van der Waals surface area contributed by atoms with Gasteiger partial charge in [-0.3, -0.25) is 9.59 Å². The molecule has 41 heavy (non-hydrogen) atoms. The molecule has 2 aromatic rings. The zero-order chi connectivity index (χ0) is 30.5. The maximum absolute atomic E-state index is 13.6. The monoisotopic (exact) mass is 613 g/mol. The number of alkyl halides is 3. The molecule has 3 N–H and O–H groups in total. The van der Waals surface area contributed by atoms with Crippen LogP contribution in [0.5, 0.6) is 0 Å². The number of rotatable bonds is 11. The van der Waals surface area contributed by atoms with Gasteiger partial charge in [0.15, 0.2) is 0 Å². The van der Waals surface area contributed by atoms with Crippen molar-refractivity contribution in [2.45, 2.75) is 76.8 Å². The maximum atomic E-state index is 13.6. The highest BCUT2D eigenvalue weighted by Gasteiger charge is 2.38. The molecule has 1 amide bonds. The molecule has 11 heteroatoms. The van der Waals surface area contributed by atoms with E-state index < -0.39 is 39.4 Å². The highest BCUT2D eigenvalue weighted by atomic mass is 35.5. The van der Waals surface area contributed by atoms with Crippen LogP contribution in [0.1, 0.15) is 82.5 Å². The Labute approximate surface area is 247 Å². The summed E-state index contributed by atoms with van der Waals surface area (Å²) in [5.74, 6) is -0.842. The first-order chi connectivity index (χ1) is 19.1. The van der Waals surface area contributed by atoms with Crippen LogP contribution in [-0.2, 0) is 26.8 Å². The fourth-order valence-electron chi connectivity index (χ4n) is 4.91. The van der Waals surface area contributed by atoms with Gasteiger partial charge in [0.05, 0.1) is 27.2 Å². The molecule has 0 heterocycles. The number of amides is 1. The lowest BCUT2D eigenvalue weighted by atomic mass is 9.88. The molecule has 0 bridgehead atoms. The van der Waals surface area contributed by atoms with Gasteiger partial charge in [0.1, 0.15) is 5.78 Å². The molecule has 4 atom stereocenters. The first-order valence-corrected chi connectivity index (χ1v) is 15.3. The molecule has 3 rings (SSSR count). The summed E-state index contributed by atoms with van der Waals surface area (Å²) < 4.78 is 56.3. The average Bonchev–Trinajstić information content (AvgIpc) is 3.26. The van der Waals surface area contributed by atoms with E-state index in [9.17, 15) is 27.0 Å². The number of hydrogen-bond acceptors (Lipinski definition) is 4. The average molecular weight is 614 g/mol. The number of anilines is 1. The summed E-state index contributed by atoms with van der Waals surface area (Å²) >= 11 is 5.98. The minimum absolute atomic E-state index is 0.0222. The number of nitrogens with one attached hydrogen (secondary N) is 3. The smallest absolute Gasteiger partial charge is 0.383 e. The van der Waals surface area contributed by atoms with Crippen LogP contribution in [0.4, 0.5) is 18.9 Å². The van der Waals surface area contributed by atoms with E-state index >= 15 is 0 Å². The number of carbonyl (C=O) groups excluding carboxylic acids is 2. The predicted molar refractivity (Wildman–Crippen MR) is 158 cm³/mol. The number of hydrogen-bond donors (Lipinski definition) is 3. The van der Waals surface area contributed by atoms with Crippen molar-refractivity contribution in [1.82, 2.24) is 10.0 Å². The zero-order valence-corrected chi connectivity index (χ0v) is 25.6. The summed E-state index contributed by atoms with van der Waals surface area (Å²) in [4.78, 5) is 25.2. The molecule has 1 aliphatic rings. The number of Topliss-reactive ketones (excluding diaryl/α,β-unsaturated/α-hetero) is 1. The van der Waals surface area contributed by atoms with Crippen LogP contribution in [0.3, 0.4) is 0 Å². The lowest BCUT2D eigenvalue weighted by Crippen LogP contribution is -2.37. The van der Waals surface area contributed by atoms with Crippen LogP contribution >= 0.6 is 11.6 Å². The Morgan fingerprint density at radius 2 is 1.71 bits per heavy atom. The quantitative estimate of drug-likeness (QED) is 0.244. The van der Waals surface area contributed by atoms with E-state index in [0.29, 0.717) is 22.7 Å². The Kier molecular flexibility index (Phi) is 11.0. The SMILES string of the molecule is CC(C)CC(NS(=O)C(C)(C)C)c1cc(C(F)(F)F)ccc1NCCNC(=O)[C@H]1CC(=O)C[C@@H]1c1ccc(Cl)cc1. The van der Waals surface area contributed by atoms with Gasteiger partial charge in [0.2, 0.25) is 5.91 Å². The van der Waals surface area contributed by atoms with Crippen molar-refractivity contribution in [3.8, 4) is 0 Å². The third kappa shape index (κ3) is 9.28. The molecule has 0 aliphatic heterocycles. The summed E-state index contributed by atoms with van der Waals surface area (Å²) in [6, 6.07) is 10.0. The third-order valence-corrected chi connectivity index (χ3v) is 8.89. The Balaban J connectivity index is 1.74. The van der Waals surface area contributed by atoms with Crippen molar-refractivity contribution < 1.29 is 27.0 Å². The molecular weight excluding hydrogens is 575 g/mol. The van der Waals surface area contributed by atoms with Gasteiger partial charge >= 0.3 is 6.18 Å². The zero-order valence-electron chi connectivity index (χ0n) is 24.0. The van der Waals surface area contributed by atoms with Gasteiger partial charge in [0.25, 0.3) is 0 Å². The number of halogens is 4. The van der Waals surface area contributed by atoms with E-state index in [1.54, 1.807) is 32.9 Å². The second-order valence-electron chi connectivity index (χ2n) is 11.9. The van der Waals surface area contributed by atoms with Gasteiger partial charge in [-0.2, -0.15) is 13.2 Å². The lowest BCUT2D eigenvalue weighted by Gasteiger charge is -2.28. The molecular formula is C30H39ClF3N3O3S. The molecule has 0 spiro atoms. The van der Waals surface area contributed by atoms with Crippen molar-refractivity contribution in [1.29, 1.82) is 0 Å². The van der Waals surface area contributed by atoms with Gasteiger partial charge in [0, 0.05) is 48.6 Å². The van der Waals surface area contributed by atoms with Crippen molar-refractivity contribution in [3.63, 3.8) is 0 Å². The normalized spacial score (nSPS) is 19.3. The molecule has 6 nitrogen and oxygen atoms in total. The summed E-state index contributed by atoms with van der Waals surface area (Å²) in [7, 11) is -1.51. The minimum atomic E-state index is -4.54. The maximum Gasteiger partial charge on any atom is 0.416 e. The predicted octanol–water partition coefficient (Wildman–Crippen LogP) is 6.79. The van der Waals surface area contributed by atoms with Crippen molar-refractivity contribution in [2.24, 2.45) is 11.8 Å². The van der Waals surface area contributed by atoms with Gasteiger partial charge < -0.3 is 10.6 Å². The van der Waals surface area contributed by atoms with Gasteiger partial charge in [-0.1, -0.05) is 37.6 Å². The number of carbonyl (C=O) groups is 2. The standard InChI is InChI=1S/C30H39ClF3N3O3S/c1-18(2)14-27(37-41(40)29(3,4)5)25-15-20(30(32,33)34)8-11-26(25)35-12-13-36-28(39)24-17-22(38)16-23(24)19-6-9-21(31)10-7-19/h6-11,15,18,23-24,27,35,37H,12-14,16-17H2,1-5H3,(H,36,39)/t23-,24+,27?,41?/m1/s1. The van der Waals surface area contributed by atoms with Crippen LogP contribution in [0, 0.1) is 11.8 Å². The van der Waals surface area contributed by atoms with Crippen molar-refractivity contribution in [3.05, 3.63) is 64.2 Å². The molecule has 0 saturated heterocycles. The summed E-state index contributed by atoms with van der Waals surface area (Å²) in [6.45, 7) is 9.75. The van der Waals surface area contributed by atoms with Crippen LogP contribution in [0.15, 0.2) is 42.5 Å². The van der Waals surface area contributed by atoms with E-state index in [1.807, 2.05) is 26.0 Å². The molecule has 226 valence electrons. The van der Waals surface area contributed by atoms with Crippen LogP contribution in [0.2, 0.25) is 5.02 Å². The Morgan fingerprint density at radius 1 is 1.05 bits per heavy atom. The highest BCUT2D eigenvalue weighted by Crippen LogP contribution is 2.39. The van der Waals surface area contributed by atoms with Crippen LogP contribution in [0.25, 0.3) is 0 Å². The van der Waals surface area contributed by atoms with E-state index in [1.165, 1.54) is 6.07 Å². The minimum Gasteiger partial charge on any atom is -0.383 e. The topological polar surface area (TPSA) is 87.3 Å². The second kappa shape index (κ2) is 13.7. The molecule has 0 aromatic heterocycles. The summed E-state index contributed by atoms with van der Waals surface area (Å²) in [5, 5.41) is 6.60. The van der Waals surface area contributed by atoms with Gasteiger partial charge in [-0.25, -0.2) is 8.93 Å². The summed E-state index contributed by atoms with van der Waals surface area (Å²) in [6.07, 6.45) is -3.63. The van der Waals surface area contributed by atoms with E-state index in [2.05, 4.69) is 15.4 Å². The fourth-order valence-corrected chi connectivity index (χ4v) is 5.87. The number of ketones is 1. The molecule has 2 unspecified atom stereocenters. The van der Waals surface area contributed by atoms with Crippen molar-refractivity contribution in [2.75, 3.05) is 18.4 Å². The highest BCUT2D eigenvalue weighted by molar-refractivity contribution is 7.84. The van der Waals surface area contributed by atoms with E-state index in [-0.39, 0.29) is 49.5 Å². The largest absolute Gasteiger partial charge is 0.416 e. The van der Waals surface area contributed by atoms with Crippen LogP contribution < -0.4 is 15.4 Å². The first kappa shape index (κ1) is 33.1. The van der Waals surface area contributed by atoms with E-state index in [4.69, 9.17) is 11.6 Å². The number of benzene rings is 2. The molecule has 1 saturated carbocycles. The molecule has 1 fully saturated rings. The fraction of sp³-hybridized carbons (Fsp3) is 0.533. The Hall–Kier alpha value is -2.43. The molecule has 1 aliphatic carbocycles. The van der Waals surface area contributed by atoms with Gasteiger partial charge in [-0.15, -0.1) is 0 Å². The molecule has 0 radical (unpaired) electrons. The van der Waals surface area contributed by atoms with Crippen molar-refractivity contribution >= 4 is 40.0 Å².